The Morgan fingerprint density at radius 2 is 1.85 bits per heavy atom. The van der Waals surface area contributed by atoms with E-state index in [-0.39, 0.29) is 36.0 Å². The molecule has 1 aliphatic carbocycles. The van der Waals surface area contributed by atoms with Crippen LogP contribution in [0.1, 0.15) is 71.1 Å². The first-order valence-electron chi connectivity index (χ1n) is 11.8. The van der Waals surface area contributed by atoms with Gasteiger partial charge in [-0.2, -0.15) is 5.10 Å². The number of nitrogens with zero attached hydrogens (tertiary/aromatic N) is 3. The Morgan fingerprint density at radius 3 is 2.55 bits per heavy atom. The van der Waals surface area contributed by atoms with Gasteiger partial charge in [-0.05, 0) is 38.7 Å². The second-order valence-electron chi connectivity index (χ2n) is 9.51. The van der Waals surface area contributed by atoms with Crippen molar-refractivity contribution in [1.82, 2.24) is 25.3 Å². The third-order valence-corrected chi connectivity index (χ3v) is 6.98. The molecule has 1 atom stereocenters. The maximum absolute atomic E-state index is 13.2. The molecule has 0 spiro atoms. The minimum Gasteiger partial charge on any atom is -0.351 e. The minimum atomic E-state index is -1.06. The molecule has 4 rings (SSSR count). The fraction of sp³-hybridized carbons (Fsp3) is 0.520. The summed E-state index contributed by atoms with van der Waals surface area (Å²) in [7, 11) is 1.64. The molecule has 1 saturated carbocycles. The van der Waals surface area contributed by atoms with Crippen molar-refractivity contribution in [3.63, 3.8) is 0 Å². The van der Waals surface area contributed by atoms with E-state index in [2.05, 4.69) is 15.7 Å². The number of benzene rings is 1. The van der Waals surface area contributed by atoms with E-state index in [0.29, 0.717) is 18.7 Å². The van der Waals surface area contributed by atoms with E-state index in [4.69, 9.17) is 0 Å². The van der Waals surface area contributed by atoms with Gasteiger partial charge in [0, 0.05) is 25.7 Å². The van der Waals surface area contributed by atoms with Gasteiger partial charge in [0.2, 0.25) is 5.91 Å². The lowest BCUT2D eigenvalue weighted by Gasteiger charge is -2.41. The predicted octanol–water partition coefficient (Wildman–Crippen LogP) is 2.46. The highest BCUT2D eigenvalue weighted by Gasteiger charge is 2.46. The lowest BCUT2D eigenvalue weighted by atomic mass is 9.92. The maximum atomic E-state index is 13.2. The quantitative estimate of drug-likeness (QED) is 0.705. The van der Waals surface area contributed by atoms with E-state index < -0.39 is 5.54 Å². The van der Waals surface area contributed by atoms with E-state index in [9.17, 15) is 14.4 Å². The van der Waals surface area contributed by atoms with E-state index in [1.54, 1.807) is 14.0 Å². The molecule has 8 nitrogen and oxygen atoms in total. The van der Waals surface area contributed by atoms with Crippen LogP contribution in [0.5, 0.6) is 0 Å². The molecule has 1 aliphatic heterocycles. The van der Waals surface area contributed by atoms with Crippen LogP contribution in [0.4, 0.5) is 0 Å². The van der Waals surface area contributed by atoms with Gasteiger partial charge in [0.15, 0.2) is 5.69 Å². The molecule has 33 heavy (non-hydrogen) atoms. The summed E-state index contributed by atoms with van der Waals surface area (Å²) in [4.78, 5) is 40.3. The van der Waals surface area contributed by atoms with Gasteiger partial charge >= 0.3 is 0 Å². The second-order valence-corrected chi connectivity index (χ2v) is 9.51. The Balaban J connectivity index is 1.42. The molecule has 176 valence electrons. The molecular formula is C25H33N5O3. The van der Waals surface area contributed by atoms with E-state index in [1.807, 2.05) is 31.2 Å². The number of aryl methyl sites for hydroxylation is 1. The number of likely N-dealkylation sites (N-methyl/N-ethyl adjacent to an activating group) is 1. The van der Waals surface area contributed by atoms with Crippen molar-refractivity contribution >= 4 is 17.7 Å². The number of rotatable bonds is 6. The molecule has 0 radical (unpaired) electrons. The van der Waals surface area contributed by atoms with Gasteiger partial charge in [0.1, 0.15) is 11.2 Å². The number of hydrogen-bond donors (Lipinski definition) is 2. The van der Waals surface area contributed by atoms with Gasteiger partial charge in [-0.25, -0.2) is 0 Å². The highest BCUT2D eigenvalue weighted by molar-refractivity contribution is 6.01. The molecule has 0 saturated heterocycles. The average Bonchev–Trinajstić information content (AvgIpc) is 3.23. The lowest BCUT2D eigenvalue weighted by molar-refractivity contribution is -0.133. The molecule has 2 aliphatic rings. The zero-order chi connectivity index (χ0) is 23.6. The van der Waals surface area contributed by atoms with Crippen LogP contribution in [-0.2, 0) is 17.8 Å². The summed E-state index contributed by atoms with van der Waals surface area (Å²) in [6.07, 6.45) is 6.08. The third kappa shape index (κ3) is 4.79. The summed E-state index contributed by atoms with van der Waals surface area (Å²) in [5, 5.41) is 10.4. The smallest absolute Gasteiger partial charge is 0.272 e. The Hall–Kier alpha value is -3.16. The first-order chi connectivity index (χ1) is 15.8. The molecule has 2 aromatic rings. The molecule has 1 fully saturated rings. The number of fused-ring (bicyclic) bond motifs is 1. The summed E-state index contributed by atoms with van der Waals surface area (Å²) in [5.74, 6) is -0.808. The largest absolute Gasteiger partial charge is 0.351 e. The number of carbonyl (C=O) groups is 3. The Bertz CT molecular complexity index is 1040. The highest BCUT2D eigenvalue weighted by atomic mass is 16.2. The number of carbonyl (C=O) groups excluding carboxylic acids is 3. The van der Waals surface area contributed by atoms with Crippen molar-refractivity contribution in [2.45, 2.75) is 70.5 Å². The first-order valence-corrected chi connectivity index (χ1v) is 11.8. The van der Waals surface area contributed by atoms with Gasteiger partial charge in [0.25, 0.3) is 11.8 Å². The monoisotopic (exact) mass is 451 g/mol. The molecule has 2 N–H and O–H groups in total. The van der Waals surface area contributed by atoms with Crippen LogP contribution >= 0.6 is 0 Å². The summed E-state index contributed by atoms with van der Waals surface area (Å²) in [5.41, 5.74) is 1.78. The van der Waals surface area contributed by atoms with Crippen LogP contribution < -0.4 is 10.6 Å². The Kier molecular flexibility index (Phi) is 6.54. The summed E-state index contributed by atoms with van der Waals surface area (Å²) < 4.78 is 1.50. The van der Waals surface area contributed by atoms with Crippen LogP contribution in [0.15, 0.2) is 30.3 Å². The first kappa shape index (κ1) is 23.0. The van der Waals surface area contributed by atoms with Gasteiger partial charge in [-0.1, -0.05) is 49.1 Å². The molecule has 8 heteroatoms. The topological polar surface area (TPSA) is 96.3 Å². The number of amides is 3. The fourth-order valence-corrected chi connectivity index (χ4v) is 4.59. The number of hydrogen-bond acceptors (Lipinski definition) is 4. The standard InChI is InChI=1S/C25H33N5O3/c1-17-9-11-18(12-10-17)13-14-26-22(31)20-15-21-23(32)29(3)25(2,16-30(21)28-20)24(33)27-19-7-5-4-6-8-19/h9-12,15,19H,4-8,13-14,16H2,1-3H3,(H,26,31)(H,27,33)/t25-/m0/s1. The van der Waals surface area contributed by atoms with Crippen LogP contribution in [0.3, 0.4) is 0 Å². The predicted molar refractivity (Wildman–Crippen MR) is 125 cm³/mol. The molecule has 1 aromatic carbocycles. The molecule has 0 unspecified atom stereocenters. The van der Waals surface area contributed by atoms with Crippen molar-refractivity contribution in [1.29, 1.82) is 0 Å². The molecular weight excluding hydrogens is 418 g/mol. The van der Waals surface area contributed by atoms with Gasteiger partial charge in [-0.15, -0.1) is 0 Å². The Morgan fingerprint density at radius 1 is 1.15 bits per heavy atom. The van der Waals surface area contributed by atoms with Crippen LogP contribution in [0.2, 0.25) is 0 Å². The van der Waals surface area contributed by atoms with E-state index in [1.165, 1.54) is 27.6 Å². The minimum absolute atomic E-state index is 0.153. The van der Waals surface area contributed by atoms with Crippen molar-refractivity contribution < 1.29 is 14.4 Å². The van der Waals surface area contributed by atoms with Crippen molar-refractivity contribution in [3.05, 3.63) is 52.8 Å². The maximum Gasteiger partial charge on any atom is 0.272 e. The third-order valence-electron chi connectivity index (χ3n) is 6.98. The Labute approximate surface area is 194 Å². The van der Waals surface area contributed by atoms with Gasteiger partial charge < -0.3 is 15.5 Å². The molecule has 1 aromatic heterocycles. The fourth-order valence-electron chi connectivity index (χ4n) is 4.59. The lowest BCUT2D eigenvalue weighted by Crippen LogP contribution is -2.63. The van der Waals surface area contributed by atoms with Crippen molar-refractivity contribution in [2.75, 3.05) is 13.6 Å². The number of aromatic nitrogens is 2. The van der Waals surface area contributed by atoms with E-state index >= 15 is 0 Å². The van der Waals surface area contributed by atoms with Crippen molar-refractivity contribution in [2.24, 2.45) is 0 Å². The van der Waals surface area contributed by atoms with Crippen LogP contribution in [-0.4, -0.2) is 57.6 Å². The van der Waals surface area contributed by atoms with Gasteiger partial charge in [-0.3, -0.25) is 19.1 Å². The zero-order valence-electron chi connectivity index (χ0n) is 19.7. The molecule has 0 bridgehead atoms. The van der Waals surface area contributed by atoms with Crippen LogP contribution in [0.25, 0.3) is 0 Å². The zero-order valence-corrected chi connectivity index (χ0v) is 19.7. The summed E-state index contributed by atoms with van der Waals surface area (Å²) >= 11 is 0. The average molecular weight is 452 g/mol. The van der Waals surface area contributed by atoms with Crippen LogP contribution in [0, 0.1) is 6.92 Å². The number of nitrogens with one attached hydrogen (secondary N) is 2. The summed E-state index contributed by atoms with van der Waals surface area (Å²) in [6, 6.07) is 9.85. The summed E-state index contributed by atoms with van der Waals surface area (Å²) in [6.45, 7) is 4.48. The molecule has 3 amide bonds. The highest BCUT2D eigenvalue weighted by Crippen LogP contribution is 2.27. The second kappa shape index (κ2) is 9.37. The molecule has 2 heterocycles. The SMILES string of the molecule is Cc1ccc(CCNC(=O)c2cc3n(n2)C[C@@](C)(C(=O)NC2CCCCC2)N(C)C3=O)cc1. The normalized spacial score (nSPS) is 20.9. The van der Waals surface area contributed by atoms with E-state index in [0.717, 1.165) is 31.2 Å². The van der Waals surface area contributed by atoms with Gasteiger partial charge in [0.05, 0.1) is 6.54 Å². The van der Waals surface area contributed by atoms with Crippen molar-refractivity contribution in [3.8, 4) is 0 Å².